The minimum atomic E-state index is -0.532. The molecule has 4 N–H and O–H groups in total. The third-order valence-corrected chi connectivity index (χ3v) is 3.11. The van der Waals surface area contributed by atoms with Crippen LogP contribution in [0.25, 0.3) is 0 Å². The molecule has 0 aliphatic carbocycles. The van der Waals surface area contributed by atoms with Crippen molar-refractivity contribution in [1.29, 1.82) is 0 Å². The van der Waals surface area contributed by atoms with Gasteiger partial charge in [-0.1, -0.05) is 12.1 Å². The Morgan fingerprint density at radius 1 is 1.00 bits per heavy atom. The molecular weight excluding hydrogens is 310 g/mol. The number of nitrogens with one attached hydrogen (secondary N) is 2. The minimum absolute atomic E-state index is 0.165. The van der Waals surface area contributed by atoms with Gasteiger partial charge in [0.25, 0.3) is 5.91 Å². The van der Waals surface area contributed by atoms with E-state index in [2.05, 4.69) is 10.6 Å². The largest absolute Gasteiger partial charge is 0.497 e. The quantitative estimate of drug-likeness (QED) is 0.721. The van der Waals surface area contributed by atoms with Crippen molar-refractivity contribution in [2.75, 3.05) is 19.0 Å². The Labute approximate surface area is 139 Å². The number of carbonyl (C=O) groups is 2. The Morgan fingerprint density at radius 3 is 2.21 bits per heavy atom. The minimum Gasteiger partial charge on any atom is -0.497 e. The van der Waals surface area contributed by atoms with Crippen molar-refractivity contribution in [3.8, 4) is 11.5 Å². The number of hydrogen-bond donors (Lipinski definition) is 3. The zero-order valence-electron chi connectivity index (χ0n) is 13.2. The van der Waals surface area contributed by atoms with Crippen molar-refractivity contribution < 1.29 is 19.1 Å². The standard InChI is InChI=1S/C17H19N3O4/c1-23-14-8-4-13(5-9-14)20-17(22)19-10-12-2-6-15(7-3-12)24-11-16(18)21/h2-9H,10-11H2,1H3,(H2,18,21)(H2,19,20,22). The maximum atomic E-state index is 11.9. The first-order valence-electron chi connectivity index (χ1n) is 7.26. The van der Waals surface area contributed by atoms with Crippen molar-refractivity contribution in [3.05, 3.63) is 54.1 Å². The number of benzene rings is 2. The number of hydrogen-bond acceptors (Lipinski definition) is 4. The first kappa shape index (κ1) is 17.1. The van der Waals surface area contributed by atoms with Crippen LogP contribution in [-0.4, -0.2) is 25.7 Å². The van der Waals surface area contributed by atoms with Crippen molar-refractivity contribution in [3.63, 3.8) is 0 Å². The zero-order chi connectivity index (χ0) is 17.4. The van der Waals surface area contributed by atoms with Crippen LogP contribution in [0.3, 0.4) is 0 Å². The Morgan fingerprint density at radius 2 is 1.62 bits per heavy atom. The first-order valence-corrected chi connectivity index (χ1v) is 7.26. The summed E-state index contributed by atoms with van der Waals surface area (Å²) >= 11 is 0. The zero-order valence-corrected chi connectivity index (χ0v) is 13.2. The molecule has 7 heteroatoms. The van der Waals surface area contributed by atoms with Gasteiger partial charge in [-0.2, -0.15) is 0 Å². The van der Waals surface area contributed by atoms with E-state index in [1.807, 2.05) is 0 Å². The van der Waals surface area contributed by atoms with Crippen LogP contribution in [0.1, 0.15) is 5.56 Å². The lowest BCUT2D eigenvalue weighted by atomic mass is 10.2. The molecule has 7 nitrogen and oxygen atoms in total. The summed E-state index contributed by atoms with van der Waals surface area (Å²) in [7, 11) is 1.58. The van der Waals surface area contributed by atoms with Crippen LogP contribution in [0, 0.1) is 0 Å². The van der Waals surface area contributed by atoms with Gasteiger partial charge in [-0.15, -0.1) is 0 Å². The van der Waals surface area contributed by atoms with E-state index in [0.717, 1.165) is 11.3 Å². The summed E-state index contributed by atoms with van der Waals surface area (Å²) in [6.07, 6.45) is 0. The molecule has 2 rings (SSSR count). The van der Waals surface area contributed by atoms with E-state index in [-0.39, 0.29) is 12.6 Å². The Balaban J connectivity index is 1.79. The summed E-state index contributed by atoms with van der Waals surface area (Å²) < 4.78 is 10.2. The fourth-order valence-corrected chi connectivity index (χ4v) is 1.89. The summed E-state index contributed by atoms with van der Waals surface area (Å²) in [5.41, 5.74) is 6.57. The summed E-state index contributed by atoms with van der Waals surface area (Å²) in [5, 5.41) is 5.48. The van der Waals surface area contributed by atoms with E-state index in [1.54, 1.807) is 55.6 Å². The van der Waals surface area contributed by atoms with Crippen LogP contribution in [0.4, 0.5) is 10.5 Å². The number of nitrogens with two attached hydrogens (primary N) is 1. The molecule has 0 heterocycles. The Kier molecular flexibility index (Phi) is 6.01. The highest BCUT2D eigenvalue weighted by atomic mass is 16.5. The number of ether oxygens (including phenoxy) is 2. The van der Waals surface area contributed by atoms with Crippen molar-refractivity contribution >= 4 is 17.6 Å². The molecule has 0 saturated carbocycles. The molecule has 126 valence electrons. The van der Waals surface area contributed by atoms with Gasteiger partial charge in [-0.3, -0.25) is 4.79 Å². The normalized spacial score (nSPS) is 9.88. The van der Waals surface area contributed by atoms with Crippen LogP contribution in [0.2, 0.25) is 0 Å². The lowest BCUT2D eigenvalue weighted by Gasteiger charge is -2.09. The monoisotopic (exact) mass is 329 g/mol. The third kappa shape index (κ3) is 5.53. The lowest BCUT2D eigenvalue weighted by Crippen LogP contribution is -2.28. The molecule has 2 aromatic rings. The maximum Gasteiger partial charge on any atom is 0.319 e. The number of amides is 3. The molecule has 0 aromatic heterocycles. The topological polar surface area (TPSA) is 103 Å². The first-order chi connectivity index (χ1) is 11.6. The summed E-state index contributed by atoms with van der Waals surface area (Å²) in [5.74, 6) is 0.732. The number of primary amides is 1. The van der Waals surface area contributed by atoms with Crippen molar-refractivity contribution in [2.45, 2.75) is 6.54 Å². The smallest absolute Gasteiger partial charge is 0.319 e. The van der Waals surface area contributed by atoms with Crippen molar-refractivity contribution in [1.82, 2.24) is 5.32 Å². The highest BCUT2D eigenvalue weighted by molar-refractivity contribution is 5.89. The molecule has 24 heavy (non-hydrogen) atoms. The number of urea groups is 1. The molecule has 0 fully saturated rings. The molecule has 2 aromatic carbocycles. The lowest BCUT2D eigenvalue weighted by molar-refractivity contribution is -0.119. The second-order valence-corrected chi connectivity index (χ2v) is 4.94. The second kappa shape index (κ2) is 8.42. The third-order valence-electron chi connectivity index (χ3n) is 3.11. The van der Waals surface area contributed by atoms with Gasteiger partial charge < -0.3 is 25.8 Å². The number of methoxy groups -OCH3 is 1. The number of carbonyl (C=O) groups excluding carboxylic acids is 2. The van der Waals surface area contributed by atoms with Gasteiger partial charge in [-0.25, -0.2) is 4.79 Å². The van der Waals surface area contributed by atoms with Gasteiger partial charge in [0.2, 0.25) is 0 Å². The predicted octanol–water partition coefficient (Wildman–Crippen LogP) is 1.88. The molecule has 0 unspecified atom stereocenters. The Bertz CT molecular complexity index is 684. The van der Waals surface area contributed by atoms with E-state index in [0.29, 0.717) is 18.0 Å². The van der Waals surface area contributed by atoms with E-state index in [9.17, 15) is 9.59 Å². The number of anilines is 1. The highest BCUT2D eigenvalue weighted by Crippen LogP contribution is 2.15. The van der Waals surface area contributed by atoms with Gasteiger partial charge in [0.15, 0.2) is 6.61 Å². The van der Waals surface area contributed by atoms with E-state index < -0.39 is 5.91 Å². The predicted molar refractivity (Wildman–Crippen MR) is 90.0 cm³/mol. The molecular formula is C17H19N3O4. The molecule has 0 spiro atoms. The van der Waals surface area contributed by atoms with Crippen LogP contribution in [0.15, 0.2) is 48.5 Å². The Hall–Kier alpha value is -3.22. The van der Waals surface area contributed by atoms with Gasteiger partial charge in [0, 0.05) is 12.2 Å². The highest BCUT2D eigenvalue weighted by Gasteiger charge is 2.03. The summed E-state index contributed by atoms with van der Waals surface area (Å²) in [6, 6.07) is 13.7. The second-order valence-electron chi connectivity index (χ2n) is 4.94. The molecule has 0 bridgehead atoms. The average molecular weight is 329 g/mol. The fraction of sp³-hybridized carbons (Fsp3) is 0.176. The molecule has 0 saturated heterocycles. The SMILES string of the molecule is COc1ccc(NC(=O)NCc2ccc(OCC(N)=O)cc2)cc1. The van der Waals surface area contributed by atoms with Crippen LogP contribution >= 0.6 is 0 Å². The summed E-state index contributed by atoms with van der Waals surface area (Å²) in [6.45, 7) is 0.194. The molecule has 3 amide bonds. The summed E-state index contributed by atoms with van der Waals surface area (Å²) in [4.78, 5) is 22.5. The van der Waals surface area contributed by atoms with E-state index in [4.69, 9.17) is 15.2 Å². The van der Waals surface area contributed by atoms with Crippen LogP contribution in [-0.2, 0) is 11.3 Å². The van der Waals surface area contributed by atoms with Crippen LogP contribution in [0.5, 0.6) is 11.5 Å². The fourth-order valence-electron chi connectivity index (χ4n) is 1.89. The van der Waals surface area contributed by atoms with E-state index >= 15 is 0 Å². The molecule has 0 atom stereocenters. The molecule has 0 aliphatic rings. The van der Waals surface area contributed by atoms with Gasteiger partial charge in [0.05, 0.1) is 7.11 Å². The number of rotatable bonds is 7. The average Bonchev–Trinajstić information content (AvgIpc) is 2.59. The van der Waals surface area contributed by atoms with E-state index in [1.165, 1.54) is 0 Å². The van der Waals surface area contributed by atoms with Gasteiger partial charge in [-0.05, 0) is 42.0 Å². The molecule has 0 radical (unpaired) electrons. The maximum absolute atomic E-state index is 11.9. The van der Waals surface area contributed by atoms with Crippen molar-refractivity contribution in [2.24, 2.45) is 5.73 Å². The molecule has 0 aliphatic heterocycles. The van der Waals surface area contributed by atoms with Gasteiger partial charge in [0.1, 0.15) is 11.5 Å². The van der Waals surface area contributed by atoms with Crippen LogP contribution < -0.4 is 25.8 Å². The van der Waals surface area contributed by atoms with Gasteiger partial charge >= 0.3 is 6.03 Å².